The highest BCUT2D eigenvalue weighted by Crippen LogP contribution is 2.23. The summed E-state index contributed by atoms with van der Waals surface area (Å²) in [6.45, 7) is 2.54. The van der Waals surface area contributed by atoms with Crippen LogP contribution in [0.4, 0.5) is 8.78 Å². The smallest absolute Gasteiger partial charge is 0.261 e. The molecule has 7 heteroatoms. The summed E-state index contributed by atoms with van der Waals surface area (Å²) < 4.78 is 26.7. The molecule has 5 nitrogen and oxygen atoms in total. The lowest BCUT2D eigenvalue weighted by atomic mass is 9.95. The minimum atomic E-state index is -1.76. The van der Waals surface area contributed by atoms with Crippen LogP contribution in [-0.2, 0) is 5.60 Å². The molecule has 0 aliphatic heterocycles. The van der Waals surface area contributed by atoms with E-state index in [1.54, 1.807) is 13.0 Å². The molecule has 23 heavy (non-hydrogen) atoms. The number of aliphatic hydroxyl groups is 1. The van der Waals surface area contributed by atoms with E-state index >= 15 is 0 Å². The van der Waals surface area contributed by atoms with Crippen LogP contribution in [0.5, 0.6) is 0 Å². The highest BCUT2D eigenvalue weighted by molar-refractivity contribution is 5.95. The third-order valence-corrected chi connectivity index (χ3v) is 3.50. The van der Waals surface area contributed by atoms with Gasteiger partial charge in [0.15, 0.2) is 0 Å². The van der Waals surface area contributed by atoms with E-state index in [2.05, 4.69) is 10.3 Å². The molecule has 2 aromatic rings. The fraction of sp³-hybridized carbons (Fsp3) is 0.250. The lowest BCUT2D eigenvalue weighted by Crippen LogP contribution is -2.41. The number of benzene rings is 1. The molecule has 0 fully saturated rings. The van der Waals surface area contributed by atoms with Gasteiger partial charge in [-0.1, -0.05) is 6.07 Å². The molecule has 3 N–H and O–H groups in total. The molecule has 0 saturated heterocycles. The number of hydrogen-bond acceptors (Lipinski definition) is 3. The average molecular weight is 322 g/mol. The van der Waals surface area contributed by atoms with E-state index in [1.165, 1.54) is 13.1 Å². The summed E-state index contributed by atoms with van der Waals surface area (Å²) in [5.41, 5.74) is -2.09. The van der Waals surface area contributed by atoms with Crippen molar-refractivity contribution in [1.82, 2.24) is 10.3 Å². The summed E-state index contributed by atoms with van der Waals surface area (Å²) in [5, 5.41) is 12.7. The number of pyridine rings is 1. The van der Waals surface area contributed by atoms with Crippen molar-refractivity contribution in [3.05, 3.63) is 69.1 Å². The molecule has 1 aromatic heterocycles. The van der Waals surface area contributed by atoms with E-state index < -0.39 is 28.7 Å². The highest BCUT2D eigenvalue weighted by atomic mass is 19.1. The van der Waals surface area contributed by atoms with Crippen LogP contribution in [-0.4, -0.2) is 22.5 Å². The molecule has 1 atom stereocenters. The van der Waals surface area contributed by atoms with Crippen LogP contribution in [0.3, 0.4) is 0 Å². The quantitative estimate of drug-likeness (QED) is 0.799. The van der Waals surface area contributed by atoms with Gasteiger partial charge in [0.25, 0.3) is 11.5 Å². The monoisotopic (exact) mass is 322 g/mol. The summed E-state index contributed by atoms with van der Waals surface area (Å²) >= 11 is 0. The SMILES string of the molecule is Cc1cc[nH]c(=O)c1C(=O)NCC(C)(O)c1ccc(F)cc1F. The number of aryl methyl sites for hydroxylation is 1. The maximum absolute atomic E-state index is 13.8. The number of amides is 1. The Kier molecular flexibility index (Phi) is 4.60. The Hall–Kier alpha value is -2.54. The van der Waals surface area contributed by atoms with Crippen LogP contribution in [0.2, 0.25) is 0 Å². The van der Waals surface area contributed by atoms with Crippen molar-refractivity contribution in [3.8, 4) is 0 Å². The van der Waals surface area contributed by atoms with E-state index in [4.69, 9.17) is 0 Å². The second-order valence-electron chi connectivity index (χ2n) is 5.45. The molecule has 0 spiro atoms. The third kappa shape index (κ3) is 3.62. The van der Waals surface area contributed by atoms with Gasteiger partial charge >= 0.3 is 0 Å². The van der Waals surface area contributed by atoms with Gasteiger partial charge in [-0.15, -0.1) is 0 Å². The predicted molar refractivity (Wildman–Crippen MR) is 80.1 cm³/mol. The Labute approximate surface area is 131 Å². The molecule has 1 aromatic carbocycles. The van der Waals surface area contributed by atoms with E-state index in [0.29, 0.717) is 11.6 Å². The van der Waals surface area contributed by atoms with Gasteiger partial charge in [0.1, 0.15) is 22.8 Å². The summed E-state index contributed by atoms with van der Waals surface area (Å²) in [6, 6.07) is 4.34. The lowest BCUT2D eigenvalue weighted by Gasteiger charge is -2.24. The van der Waals surface area contributed by atoms with Crippen molar-refractivity contribution in [1.29, 1.82) is 0 Å². The standard InChI is InChI=1S/C16H16F2N2O3/c1-9-5-6-19-14(21)13(9)15(22)20-8-16(2,23)11-4-3-10(17)7-12(11)18/h3-7,23H,8H2,1-2H3,(H,19,21)(H,20,22). The summed E-state index contributed by atoms with van der Waals surface area (Å²) in [5.74, 6) is -2.37. The zero-order valence-corrected chi connectivity index (χ0v) is 12.6. The van der Waals surface area contributed by atoms with E-state index in [-0.39, 0.29) is 17.7 Å². The first-order chi connectivity index (χ1) is 10.7. The fourth-order valence-electron chi connectivity index (χ4n) is 2.22. The van der Waals surface area contributed by atoms with Crippen molar-refractivity contribution in [2.75, 3.05) is 6.54 Å². The summed E-state index contributed by atoms with van der Waals surface area (Å²) in [4.78, 5) is 26.2. The van der Waals surface area contributed by atoms with Gasteiger partial charge in [0, 0.05) is 17.8 Å². The largest absolute Gasteiger partial charge is 0.383 e. The number of hydrogen-bond donors (Lipinski definition) is 3. The second kappa shape index (κ2) is 6.29. The number of halogens is 2. The number of H-pyrrole nitrogens is 1. The zero-order valence-electron chi connectivity index (χ0n) is 12.6. The first-order valence-electron chi connectivity index (χ1n) is 6.87. The van der Waals surface area contributed by atoms with E-state index in [1.807, 2.05) is 0 Å². The van der Waals surface area contributed by atoms with Crippen LogP contribution in [0.1, 0.15) is 28.4 Å². The molecule has 0 aliphatic rings. The molecule has 0 saturated carbocycles. The summed E-state index contributed by atoms with van der Waals surface area (Å²) in [7, 11) is 0. The first-order valence-corrected chi connectivity index (χ1v) is 6.87. The number of aromatic amines is 1. The average Bonchev–Trinajstić information content (AvgIpc) is 2.44. The first kappa shape index (κ1) is 16.8. The maximum Gasteiger partial charge on any atom is 0.261 e. The van der Waals surface area contributed by atoms with Crippen molar-refractivity contribution < 1.29 is 18.7 Å². The second-order valence-corrected chi connectivity index (χ2v) is 5.45. The van der Waals surface area contributed by atoms with Crippen LogP contribution in [0.25, 0.3) is 0 Å². The molecule has 1 heterocycles. The van der Waals surface area contributed by atoms with Gasteiger partial charge in [0.05, 0.1) is 6.54 Å². The van der Waals surface area contributed by atoms with Gasteiger partial charge in [-0.3, -0.25) is 9.59 Å². The van der Waals surface area contributed by atoms with Crippen molar-refractivity contribution >= 4 is 5.91 Å². The minimum Gasteiger partial charge on any atom is -0.383 e. The van der Waals surface area contributed by atoms with Crippen molar-refractivity contribution in [3.63, 3.8) is 0 Å². The number of nitrogens with one attached hydrogen (secondary N) is 2. The van der Waals surface area contributed by atoms with Gasteiger partial charge in [-0.2, -0.15) is 0 Å². The minimum absolute atomic E-state index is 0.0807. The van der Waals surface area contributed by atoms with Gasteiger partial charge in [-0.05, 0) is 31.5 Å². The predicted octanol–water partition coefficient (Wildman–Crippen LogP) is 1.60. The van der Waals surface area contributed by atoms with Crippen LogP contribution >= 0.6 is 0 Å². The summed E-state index contributed by atoms with van der Waals surface area (Å²) in [6.07, 6.45) is 1.42. The number of rotatable bonds is 4. The highest BCUT2D eigenvalue weighted by Gasteiger charge is 2.28. The maximum atomic E-state index is 13.8. The Bertz CT molecular complexity index is 800. The van der Waals surface area contributed by atoms with Gasteiger partial charge < -0.3 is 15.4 Å². The Morgan fingerprint density at radius 2 is 2.04 bits per heavy atom. The van der Waals surface area contributed by atoms with Crippen LogP contribution in [0, 0.1) is 18.6 Å². The number of aromatic nitrogens is 1. The number of carbonyl (C=O) groups is 1. The Balaban J connectivity index is 2.19. The Morgan fingerprint density at radius 3 is 2.65 bits per heavy atom. The normalized spacial score (nSPS) is 13.4. The topological polar surface area (TPSA) is 82.2 Å². The number of carbonyl (C=O) groups excluding carboxylic acids is 1. The third-order valence-electron chi connectivity index (χ3n) is 3.50. The van der Waals surface area contributed by atoms with Crippen molar-refractivity contribution in [2.24, 2.45) is 0 Å². The molecule has 0 bridgehead atoms. The van der Waals surface area contributed by atoms with Crippen molar-refractivity contribution in [2.45, 2.75) is 19.4 Å². The lowest BCUT2D eigenvalue weighted by molar-refractivity contribution is 0.0494. The van der Waals surface area contributed by atoms with E-state index in [0.717, 1.165) is 12.1 Å². The molecule has 2 rings (SSSR count). The Morgan fingerprint density at radius 1 is 1.35 bits per heavy atom. The van der Waals surface area contributed by atoms with Crippen LogP contribution < -0.4 is 10.9 Å². The zero-order chi connectivity index (χ0) is 17.2. The van der Waals surface area contributed by atoms with E-state index in [9.17, 15) is 23.5 Å². The molecule has 122 valence electrons. The van der Waals surface area contributed by atoms with Gasteiger partial charge in [-0.25, -0.2) is 8.78 Å². The van der Waals surface area contributed by atoms with Gasteiger partial charge in [0.2, 0.25) is 0 Å². The fourth-order valence-corrected chi connectivity index (χ4v) is 2.22. The molecular formula is C16H16F2N2O3. The molecule has 1 unspecified atom stereocenters. The molecule has 0 radical (unpaired) electrons. The molecule has 0 aliphatic carbocycles. The molecule has 1 amide bonds. The molecular weight excluding hydrogens is 306 g/mol. The van der Waals surface area contributed by atoms with Crippen LogP contribution in [0.15, 0.2) is 35.3 Å².